The molecule has 1 heterocycles. The predicted molar refractivity (Wildman–Crippen MR) is 54.1 cm³/mol. The summed E-state index contributed by atoms with van der Waals surface area (Å²) >= 11 is 1.59. The topological polar surface area (TPSA) is 33.2 Å². The zero-order valence-corrected chi connectivity index (χ0v) is 9.02. The fraction of sp³-hybridized carbons (Fsp3) is 0.556. The molecular formula is C9H14N2OS. The van der Waals surface area contributed by atoms with Gasteiger partial charge >= 0.3 is 0 Å². The van der Waals surface area contributed by atoms with Crippen molar-refractivity contribution in [3.05, 3.63) is 16.1 Å². The molecule has 0 unspecified atom stereocenters. The molecule has 4 heteroatoms. The summed E-state index contributed by atoms with van der Waals surface area (Å²) in [4.78, 5) is 17.5. The summed E-state index contributed by atoms with van der Waals surface area (Å²) in [5, 5.41) is 2.97. The molecule has 1 aromatic rings. The average molecular weight is 198 g/mol. The van der Waals surface area contributed by atoms with Crippen LogP contribution in [0.1, 0.15) is 10.7 Å². The number of carbonyl (C=O) groups is 1. The van der Waals surface area contributed by atoms with Gasteiger partial charge in [0.25, 0.3) is 0 Å². The van der Waals surface area contributed by atoms with Crippen molar-refractivity contribution in [3.8, 4) is 0 Å². The first-order valence-electron chi connectivity index (χ1n) is 4.15. The minimum atomic E-state index is 0.218. The van der Waals surface area contributed by atoms with Gasteiger partial charge in [-0.3, -0.25) is 4.79 Å². The minimum absolute atomic E-state index is 0.218. The van der Waals surface area contributed by atoms with E-state index in [9.17, 15) is 4.79 Å². The number of nitrogens with zero attached hydrogens (tertiary/aromatic N) is 2. The summed E-state index contributed by atoms with van der Waals surface area (Å²) in [6.07, 6.45) is 0.461. The van der Waals surface area contributed by atoms with Gasteiger partial charge in [0.1, 0.15) is 0 Å². The zero-order valence-electron chi connectivity index (χ0n) is 8.20. The molecule has 72 valence electrons. The lowest BCUT2D eigenvalue weighted by atomic mass is 10.2. The number of carbonyl (C=O) groups excluding carboxylic acids is 1. The quantitative estimate of drug-likeness (QED) is 0.727. The third-order valence-electron chi connectivity index (χ3n) is 1.54. The van der Waals surface area contributed by atoms with Gasteiger partial charge in [-0.2, -0.15) is 0 Å². The Morgan fingerprint density at radius 2 is 2.31 bits per heavy atom. The summed E-state index contributed by atoms with van der Waals surface area (Å²) in [5.41, 5.74) is 0.898. The van der Waals surface area contributed by atoms with Crippen LogP contribution in [0.25, 0.3) is 0 Å². The van der Waals surface area contributed by atoms with Crippen molar-refractivity contribution < 1.29 is 4.79 Å². The summed E-state index contributed by atoms with van der Waals surface area (Å²) in [6, 6.07) is 0. The Balaban J connectivity index is 2.45. The minimum Gasteiger partial charge on any atom is -0.302 e. The lowest BCUT2D eigenvalue weighted by molar-refractivity contribution is -0.119. The first-order valence-corrected chi connectivity index (χ1v) is 5.03. The molecule has 0 aliphatic rings. The Hall–Kier alpha value is -0.740. The number of aromatic nitrogens is 1. The van der Waals surface area contributed by atoms with Crippen molar-refractivity contribution in [3.63, 3.8) is 0 Å². The number of likely N-dealkylation sites (N-methyl/N-ethyl adjacent to an activating group) is 1. The summed E-state index contributed by atoms with van der Waals surface area (Å²) in [6.45, 7) is 2.45. The molecule has 0 atom stereocenters. The molecule has 13 heavy (non-hydrogen) atoms. The fourth-order valence-electron chi connectivity index (χ4n) is 1.10. The molecular weight excluding hydrogens is 184 g/mol. The first kappa shape index (κ1) is 10.3. The van der Waals surface area contributed by atoms with Crippen LogP contribution in [-0.4, -0.2) is 36.3 Å². The van der Waals surface area contributed by atoms with Crippen molar-refractivity contribution in [1.29, 1.82) is 0 Å². The molecule has 0 spiro atoms. The van der Waals surface area contributed by atoms with E-state index in [1.165, 1.54) is 0 Å². The number of hydrogen-bond donors (Lipinski definition) is 0. The molecule has 0 fully saturated rings. The Labute approximate surface area is 82.4 Å². The van der Waals surface area contributed by atoms with Gasteiger partial charge in [-0.05, 0) is 21.0 Å². The van der Waals surface area contributed by atoms with Crippen LogP contribution >= 0.6 is 11.3 Å². The molecule has 1 rings (SSSR count). The maximum absolute atomic E-state index is 11.4. The van der Waals surface area contributed by atoms with Crippen LogP contribution in [0.15, 0.2) is 5.38 Å². The third kappa shape index (κ3) is 3.65. The SMILES string of the molecule is Cc1nc(CC(=O)CN(C)C)cs1. The van der Waals surface area contributed by atoms with Gasteiger partial charge in [0, 0.05) is 5.38 Å². The number of ketones is 1. The molecule has 0 N–H and O–H groups in total. The number of rotatable bonds is 4. The van der Waals surface area contributed by atoms with E-state index in [4.69, 9.17) is 0 Å². The van der Waals surface area contributed by atoms with E-state index in [0.717, 1.165) is 10.7 Å². The maximum atomic E-state index is 11.4. The van der Waals surface area contributed by atoms with Gasteiger partial charge in [-0.15, -0.1) is 11.3 Å². The Morgan fingerprint density at radius 3 is 2.77 bits per heavy atom. The van der Waals surface area contributed by atoms with Gasteiger partial charge < -0.3 is 4.90 Å². The lowest BCUT2D eigenvalue weighted by Gasteiger charge is -2.06. The molecule has 0 bridgehead atoms. The summed E-state index contributed by atoms with van der Waals surface area (Å²) in [7, 11) is 3.79. The van der Waals surface area contributed by atoms with E-state index < -0.39 is 0 Å². The first-order chi connectivity index (χ1) is 6.08. The van der Waals surface area contributed by atoms with Gasteiger partial charge in [0.05, 0.1) is 23.7 Å². The van der Waals surface area contributed by atoms with Crippen molar-refractivity contribution >= 4 is 17.1 Å². The predicted octanol–water partition coefficient (Wildman–Crippen LogP) is 1.12. The van der Waals surface area contributed by atoms with Crippen LogP contribution < -0.4 is 0 Å². The van der Waals surface area contributed by atoms with Crippen molar-refractivity contribution in [2.24, 2.45) is 0 Å². The van der Waals surface area contributed by atoms with E-state index in [2.05, 4.69) is 4.98 Å². The van der Waals surface area contributed by atoms with Crippen molar-refractivity contribution in [2.45, 2.75) is 13.3 Å². The van der Waals surface area contributed by atoms with Crippen molar-refractivity contribution in [1.82, 2.24) is 9.88 Å². The molecule has 0 aliphatic carbocycles. The van der Waals surface area contributed by atoms with Crippen LogP contribution in [0.4, 0.5) is 0 Å². The molecule has 0 aromatic carbocycles. The van der Waals surface area contributed by atoms with E-state index >= 15 is 0 Å². The van der Waals surface area contributed by atoms with E-state index in [0.29, 0.717) is 13.0 Å². The molecule has 3 nitrogen and oxygen atoms in total. The highest BCUT2D eigenvalue weighted by atomic mass is 32.1. The number of aryl methyl sites for hydroxylation is 1. The van der Waals surface area contributed by atoms with E-state index in [1.54, 1.807) is 11.3 Å². The largest absolute Gasteiger partial charge is 0.302 e. The molecule has 0 aliphatic heterocycles. The maximum Gasteiger partial charge on any atom is 0.152 e. The highest BCUT2D eigenvalue weighted by molar-refractivity contribution is 7.09. The second kappa shape index (κ2) is 4.48. The summed E-state index contributed by atoms with van der Waals surface area (Å²) < 4.78 is 0. The second-order valence-corrected chi connectivity index (χ2v) is 4.37. The Bertz CT molecular complexity index is 294. The standard InChI is InChI=1S/C9H14N2OS/c1-7-10-8(6-13-7)4-9(12)5-11(2)3/h6H,4-5H2,1-3H3. The second-order valence-electron chi connectivity index (χ2n) is 3.31. The lowest BCUT2D eigenvalue weighted by Crippen LogP contribution is -2.23. The third-order valence-corrected chi connectivity index (χ3v) is 2.36. The zero-order chi connectivity index (χ0) is 9.84. The van der Waals surface area contributed by atoms with Crippen LogP contribution in [0.5, 0.6) is 0 Å². The van der Waals surface area contributed by atoms with E-state index in [1.807, 2.05) is 31.3 Å². The van der Waals surface area contributed by atoms with Gasteiger partial charge in [0.2, 0.25) is 0 Å². The normalized spacial score (nSPS) is 10.8. The average Bonchev–Trinajstić information content (AvgIpc) is 2.33. The monoisotopic (exact) mass is 198 g/mol. The Morgan fingerprint density at radius 1 is 1.62 bits per heavy atom. The van der Waals surface area contributed by atoms with Gasteiger partial charge in [0.15, 0.2) is 5.78 Å². The Kier molecular flexibility index (Phi) is 3.57. The van der Waals surface area contributed by atoms with Crippen LogP contribution in [0, 0.1) is 6.92 Å². The molecule has 0 saturated heterocycles. The van der Waals surface area contributed by atoms with Crippen LogP contribution in [0.3, 0.4) is 0 Å². The fourth-order valence-corrected chi connectivity index (χ4v) is 1.71. The highest BCUT2D eigenvalue weighted by Crippen LogP contribution is 2.08. The number of thiazole rings is 1. The van der Waals surface area contributed by atoms with Crippen LogP contribution in [0.2, 0.25) is 0 Å². The van der Waals surface area contributed by atoms with Crippen LogP contribution in [-0.2, 0) is 11.2 Å². The van der Waals surface area contributed by atoms with E-state index in [-0.39, 0.29) is 5.78 Å². The van der Waals surface area contributed by atoms with Crippen molar-refractivity contribution in [2.75, 3.05) is 20.6 Å². The number of Topliss-reactive ketones (excluding diaryl/α,β-unsaturated/α-hetero) is 1. The number of hydrogen-bond acceptors (Lipinski definition) is 4. The molecule has 0 saturated carbocycles. The van der Waals surface area contributed by atoms with Gasteiger partial charge in [-0.25, -0.2) is 4.98 Å². The highest BCUT2D eigenvalue weighted by Gasteiger charge is 2.06. The van der Waals surface area contributed by atoms with Gasteiger partial charge in [-0.1, -0.05) is 0 Å². The smallest absolute Gasteiger partial charge is 0.152 e. The molecule has 0 amide bonds. The summed E-state index contributed by atoms with van der Waals surface area (Å²) in [5.74, 6) is 0.218. The molecule has 1 aromatic heterocycles. The molecule has 0 radical (unpaired) electrons.